The molecule has 0 aliphatic carbocycles. The monoisotopic (exact) mass is 241 g/mol. The van der Waals surface area contributed by atoms with Gasteiger partial charge in [0.1, 0.15) is 5.82 Å². The summed E-state index contributed by atoms with van der Waals surface area (Å²) in [7, 11) is 0. The molecule has 0 aromatic carbocycles. The quantitative estimate of drug-likeness (QED) is 0.873. The summed E-state index contributed by atoms with van der Waals surface area (Å²) in [5.74, 6) is 0.930. The lowest BCUT2D eigenvalue weighted by Gasteiger charge is -2.33. The van der Waals surface area contributed by atoms with Crippen LogP contribution in [0.25, 0.3) is 0 Å². The van der Waals surface area contributed by atoms with Crippen LogP contribution in [0.2, 0.25) is 0 Å². The fourth-order valence-corrected chi connectivity index (χ4v) is 2.94. The zero-order chi connectivity index (χ0) is 12.4. The maximum Gasteiger partial charge on any atom is 0.202 e. The Morgan fingerprint density at radius 1 is 1.19 bits per heavy atom. The van der Waals surface area contributed by atoms with E-state index in [1.165, 1.54) is 11.5 Å². The van der Waals surface area contributed by atoms with Gasteiger partial charge in [-0.2, -0.15) is 4.37 Å². The average molecular weight is 241 g/mol. The second-order valence-corrected chi connectivity index (χ2v) is 6.87. The lowest BCUT2D eigenvalue weighted by atomic mass is 9.82. The Bertz CT molecular complexity index is 336. The number of rotatable bonds is 4. The maximum absolute atomic E-state index is 4.44. The van der Waals surface area contributed by atoms with E-state index in [-0.39, 0.29) is 5.54 Å². The average Bonchev–Trinajstić information content (AvgIpc) is 2.46. The molecule has 4 heteroatoms. The van der Waals surface area contributed by atoms with Crippen LogP contribution in [0.1, 0.15) is 53.8 Å². The molecule has 1 aromatic rings. The first kappa shape index (κ1) is 13.4. The molecular formula is C12H23N3S. The van der Waals surface area contributed by atoms with Gasteiger partial charge in [0.05, 0.1) is 0 Å². The highest BCUT2D eigenvalue weighted by Gasteiger charge is 2.26. The van der Waals surface area contributed by atoms with Gasteiger partial charge in [0, 0.05) is 23.5 Å². The van der Waals surface area contributed by atoms with Crippen molar-refractivity contribution in [3.63, 3.8) is 0 Å². The standard InChI is InChI=1S/C12H23N3S/c1-7-9-13-10(16-15-9)14-12(5,6)8-11(2,3)4/h7-8H2,1-6H3,(H,13,14,15). The van der Waals surface area contributed by atoms with E-state index in [0.717, 1.165) is 23.8 Å². The summed E-state index contributed by atoms with van der Waals surface area (Å²) in [4.78, 5) is 4.44. The summed E-state index contributed by atoms with van der Waals surface area (Å²) in [6, 6.07) is 0. The molecule has 0 saturated heterocycles. The van der Waals surface area contributed by atoms with Crippen LogP contribution in [0.4, 0.5) is 5.13 Å². The maximum atomic E-state index is 4.44. The van der Waals surface area contributed by atoms with E-state index in [2.05, 4.69) is 56.2 Å². The Morgan fingerprint density at radius 2 is 1.81 bits per heavy atom. The molecule has 0 atom stereocenters. The molecule has 0 bridgehead atoms. The first-order chi connectivity index (χ1) is 7.22. The van der Waals surface area contributed by atoms with Gasteiger partial charge < -0.3 is 5.32 Å². The van der Waals surface area contributed by atoms with Gasteiger partial charge in [-0.25, -0.2) is 4.98 Å². The van der Waals surface area contributed by atoms with E-state index < -0.39 is 0 Å². The molecule has 3 nitrogen and oxygen atoms in total. The Morgan fingerprint density at radius 3 is 2.25 bits per heavy atom. The van der Waals surface area contributed by atoms with Gasteiger partial charge in [-0.1, -0.05) is 27.7 Å². The third-order valence-corrected chi connectivity index (χ3v) is 2.87. The zero-order valence-electron chi connectivity index (χ0n) is 11.2. The number of hydrogen-bond donors (Lipinski definition) is 1. The van der Waals surface area contributed by atoms with E-state index >= 15 is 0 Å². The Kier molecular flexibility index (Phi) is 3.94. The van der Waals surface area contributed by atoms with Gasteiger partial charge in [-0.3, -0.25) is 0 Å². The molecule has 1 N–H and O–H groups in total. The van der Waals surface area contributed by atoms with Crippen molar-refractivity contribution in [1.29, 1.82) is 0 Å². The Labute approximate surface area is 103 Å². The Hall–Kier alpha value is -0.640. The molecular weight excluding hydrogens is 218 g/mol. The predicted octanol–water partition coefficient (Wildman–Crippen LogP) is 3.73. The normalized spacial score (nSPS) is 12.9. The first-order valence-corrected chi connectivity index (χ1v) is 6.60. The highest BCUT2D eigenvalue weighted by molar-refractivity contribution is 7.09. The van der Waals surface area contributed by atoms with Crippen LogP contribution < -0.4 is 5.32 Å². The van der Waals surface area contributed by atoms with Crippen molar-refractivity contribution in [3.05, 3.63) is 5.82 Å². The van der Waals surface area contributed by atoms with Gasteiger partial charge >= 0.3 is 0 Å². The van der Waals surface area contributed by atoms with Crippen molar-refractivity contribution >= 4 is 16.7 Å². The molecule has 0 aliphatic rings. The lowest BCUT2D eigenvalue weighted by molar-refractivity contribution is 0.302. The number of nitrogens with one attached hydrogen (secondary N) is 1. The predicted molar refractivity (Wildman–Crippen MR) is 71.1 cm³/mol. The van der Waals surface area contributed by atoms with Crippen LogP contribution in [-0.2, 0) is 6.42 Å². The van der Waals surface area contributed by atoms with Crippen LogP contribution in [-0.4, -0.2) is 14.9 Å². The second-order valence-electron chi connectivity index (χ2n) is 6.12. The number of anilines is 1. The molecule has 0 amide bonds. The molecule has 0 saturated carbocycles. The van der Waals surface area contributed by atoms with Gasteiger partial charge in [0.15, 0.2) is 0 Å². The molecule has 0 spiro atoms. The van der Waals surface area contributed by atoms with Gasteiger partial charge in [0.2, 0.25) is 5.13 Å². The summed E-state index contributed by atoms with van der Waals surface area (Å²) in [6.45, 7) is 13.3. The van der Waals surface area contributed by atoms with Crippen LogP contribution in [0, 0.1) is 5.41 Å². The third kappa shape index (κ3) is 4.47. The van der Waals surface area contributed by atoms with Crippen LogP contribution >= 0.6 is 11.5 Å². The van der Waals surface area contributed by atoms with E-state index in [1.807, 2.05) is 0 Å². The van der Waals surface area contributed by atoms with E-state index in [4.69, 9.17) is 0 Å². The van der Waals surface area contributed by atoms with E-state index in [9.17, 15) is 0 Å². The highest BCUT2D eigenvalue weighted by atomic mass is 32.1. The van der Waals surface area contributed by atoms with E-state index in [1.54, 1.807) is 0 Å². The van der Waals surface area contributed by atoms with Crippen molar-refractivity contribution in [2.24, 2.45) is 5.41 Å². The minimum Gasteiger partial charge on any atom is -0.355 e. The fraction of sp³-hybridized carbons (Fsp3) is 0.833. The molecule has 1 aromatic heterocycles. The molecule has 1 rings (SSSR count). The van der Waals surface area contributed by atoms with E-state index in [0.29, 0.717) is 5.41 Å². The smallest absolute Gasteiger partial charge is 0.202 e. The summed E-state index contributed by atoms with van der Waals surface area (Å²) >= 11 is 1.45. The zero-order valence-corrected chi connectivity index (χ0v) is 12.0. The van der Waals surface area contributed by atoms with Crippen LogP contribution in [0.5, 0.6) is 0 Å². The van der Waals surface area contributed by atoms with Gasteiger partial charge in [-0.15, -0.1) is 0 Å². The van der Waals surface area contributed by atoms with Gasteiger partial charge in [-0.05, 0) is 25.7 Å². The first-order valence-electron chi connectivity index (χ1n) is 5.83. The summed E-state index contributed by atoms with van der Waals surface area (Å²) in [5.41, 5.74) is 0.373. The molecule has 1 heterocycles. The molecule has 0 fully saturated rings. The summed E-state index contributed by atoms with van der Waals surface area (Å²) in [6.07, 6.45) is 2.00. The molecule has 0 radical (unpaired) electrons. The second kappa shape index (κ2) is 4.70. The fourth-order valence-electron chi connectivity index (χ4n) is 2.11. The topological polar surface area (TPSA) is 37.8 Å². The number of hydrogen-bond acceptors (Lipinski definition) is 4. The minimum atomic E-state index is 0.0583. The summed E-state index contributed by atoms with van der Waals surface area (Å²) in [5, 5.41) is 4.41. The number of aromatic nitrogens is 2. The van der Waals surface area contributed by atoms with Crippen LogP contribution in [0.15, 0.2) is 0 Å². The SMILES string of the molecule is CCc1nsc(NC(C)(C)CC(C)(C)C)n1. The highest BCUT2D eigenvalue weighted by Crippen LogP contribution is 2.30. The van der Waals surface area contributed by atoms with Gasteiger partial charge in [0.25, 0.3) is 0 Å². The van der Waals surface area contributed by atoms with Crippen molar-refractivity contribution in [1.82, 2.24) is 9.36 Å². The molecule has 0 aliphatic heterocycles. The minimum absolute atomic E-state index is 0.0583. The van der Waals surface area contributed by atoms with Crippen LogP contribution in [0.3, 0.4) is 0 Å². The Balaban J connectivity index is 2.65. The lowest BCUT2D eigenvalue weighted by Crippen LogP contribution is -2.35. The van der Waals surface area contributed by atoms with Crippen molar-refractivity contribution in [2.45, 2.75) is 59.9 Å². The third-order valence-electron chi connectivity index (χ3n) is 2.20. The van der Waals surface area contributed by atoms with Crippen molar-refractivity contribution in [2.75, 3.05) is 5.32 Å². The molecule has 16 heavy (non-hydrogen) atoms. The molecule has 92 valence electrons. The molecule has 0 unspecified atom stereocenters. The van der Waals surface area contributed by atoms with Crippen molar-refractivity contribution in [3.8, 4) is 0 Å². The number of aryl methyl sites for hydroxylation is 1. The van der Waals surface area contributed by atoms with Crippen molar-refractivity contribution < 1.29 is 0 Å². The number of nitrogens with zero attached hydrogens (tertiary/aromatic N) is 2. The largest absolute Gasteiger partial charge is 0.355 e. The summed E-state index contributed by atoms with van der Waals surface area (Å²) < 4.78 is 4.28.